The lowest BCUT2D eigenvalue weighted by Gasteiger charge is -2.13. The second-order valence-electron chi connectivity index (χ2n) is 4.45. The Morgan fingerprint density at radius 3 is 2.70 bits per heavy atom. The molecule has 106 valence electrons. The number of methoxy groups -OCH3 is 1. The van der Waals surface area contributed by atoms with Crippen molar-refractivity contribution in [2.24, 2.45) is 0 Å². The summed E-state index contributed by atoms with van der Waals surface area (Å²) >= 11 is 9.51. The normalized spacial score (nSPS) is 10.4. The summed E-state index contributed by atoms with van der Waals surface area (Å²) < 4.78 is 6.06. The summed E-state index contributed by atoms with van der Waals surface area (Å²) in [5.74, 6) is 0.477. The van der Waals surface area contributed by atoms with Gasteiger partial charge in [0.1, 0.15) is 0 Å². The van der Waals surface area contributed by atoms with Crippen molar-refractivity contribution in [3.63, 3.8) is 0 Å². The zero-order valence-corrected chi connectivity index (χ0v) is 13.5. The number of aromatic hydroxyl groups is 1. The number of hydrogen-bond donors (Lipinski definition) is 2. The Bertz CT molecular complexity index is 632. The van der Waals surface area contributed by atoms with Gasteiger partial charge in [-0.05, 0) is 46.6 Å². The second-order valence-corrected chi connectivity index (χ2v) is 5.74. The van der Waals surface area contributed by atoms with Gasteiger partial charge in [-0.3, -0.25) is 0 Å². The second kappa shape index (κ2) is 6.37. The molecule has 3 nitrogen and oxygen atoms in total. The van der Waals surface area contributed by atoms with E-state index in [4.69, 9.17) is 16.3 Å². The molecule has 0 bridgehead atoms. The molecule has 0 heterocycles. The van der Waals surface area contributed by atoms with E-state index in [1.54, 1.807) is 12.1 Å². The van der Waals surface area contributed by atoms with E-state index in [0.29, 0.717) is 22.9 Å². The van der Waals surface area contributed by atoms with E-state index < -0.39 is 0 Å². The lowest BCUT2D eigenvalue weighted by atomic mass is 10.1. The highest BCUT2D eigenvalue weighted by Crippen LogP contribution is 2.34. The third-order valence-electron chi connectivity index (χ3n) is 2.93. The number of benzene rings is 2. The minimum atomic E-state index is 0.104. The predicted octanol–water partition coefficient (Wildman–Crippen LogP) is 4.74. The van der Waals surface area contributed by atoms with Crippen LogP contribution in [-0.4, -0.2) is 12.2 Å². The van der Waals surface area contributed by atoms with Crippen LogP contribution in [0, 0.1) is 6.92 Å². The molecule has 2 aromatic carbocycles. The Kier molecular flexibility index (Phi) is 4.78. The molecule has 0 saturated heterocycles. The zero-order chi connectivity index (χ0) is 14.7. The van der Waals surface area contributed by atoms with Crippen molar-refractivity contribution in [2.45, 2.75) is 13.5 Å². The minimum Gasteiger partial charge on any atom is -0.504 e. The number of aryl methyl sites for hydroxylation is 1. The summed E-state index contributed by atoms with van der Waals surface area (Å²) in [6.45, 7) is 2.48. The van der Waals surface area contributed by atoms with E-state index in [1.807, 2.05) is 25.1 Å². The van der Waals surface area contributed by atoms with Crippen molar-refractivity contribution >= 4 is 33.2 Å². The quantitative estimate of drug-likeness (QED) is 0.831. The first-order chi connectivity index (χ1) is 9.51. The lowest BCUT2D eigenvalue weighted by molar-refractivity contribution is 0.371. The van der Waals surface area contributed by atoms with Gasteiger partial charge in [-0.25, -0.2) is 0 Å². The molecular formula is C15H15BrClNO2. The highest BCUT2D eigenvalue weighted by Gasteiger charge is 2.10. The van der Waals surface area contributed by atoms with Crippen LogP contribution in [0.2, 0.25) is 5.02 Å². The fourth-order valence-electron chi connectivity index (χ4n) is 1.87. The van der Waals surface area contributed by atoms with Crippen molar-refractivity contribution < 1.29 is 9.84 Å². The van der Waals surface area contributed by atoms with Crippen molar-refractivity contribution in [1.82, 2.24) is 0 Å². The van der Waals surface area contributed by atoms with Gasteiger partial charge in [0.25, 0.3) is 0 Å². The summed E-state index contributed by atoms with van der Waals surface area (Å²) in [7, 11) is 1.50. The van der Waals surface area contributed by atoms with E-state index in [0.717, 1.165) is 10.2 Å². The largest absolute Gasteiger partial charge is 0.504 e. The number of ether oxygens (including phenoxy) is 1. The molecule has 0 aliphatic heterocycles. The smallest absolute Gasteiger partial charge is 0.162 e. The van der Waals surface area contributed by atoms with Crippen LogP contribution in [0.1, 0.15) is 11.1 Å². The van der Waals surface area contributed by atoms with Crippen LogP contribution in [-0.2, 0) is 6.54 Å². The third kappa shape index (κ3) is 3.38. The number of hydrogen-bond acceptors (Lipinski definition) is 3. The standard InChI is InChI=1S/C15H15BrClNO2/c1-9-3-4-13(12(16)5-9)18-8-10-6-11(17)7-14(20-2)15(10)19/h3-7,18-19H,8H2,1-2H3. The van der Waals surface area contributed by atoms with Crippen molar-refractivity contribution in [3.05, 3.63) is 51.0 Å². The maximum absolute atomic E-state index is 10.1. The molecule has 20 heavy (non-hydrogen) atoms. The first-order valence-corrected chi connectivity index (χ1v) is 7.23. The summed E-state index contributed by atoms with van der Waals surface area (Å²) in [6, 6.07) is 9.33. The van der Waals surface area contributed by atoms with E-state index in [-0.39, 0.29) is 5.75 Å². The molecular weight excluding hydrogens is 342 g/mol. The van der Waals surface area contributed by atoms with Gasteiger partial charge >= 0.3 is 0 Å². The Hall–Kier alpha value is -1.39. The Morgan fingerprint density at radius 1 is 1.30 bits per heavy atom. The molecule has 0 atom stereocenters. The fourth-order valence-corrected chi connectivity index (χ4v) is 2.74. The van der Waals surface area contributed by atoms with Crippen LogP contribution in [0.15, 0.2) is 34.8 Å². The molecule has 0 aliphatic carbocycles. The average molecular weight is 357 g/mol. The van der Waals surface area contributed by atoms with Gasteiger partial charge in [-0.1, -0.05) is 17.7 Å². The van der Waals surface area contributed by atoms with Gasteiger partial charge < -0.3 is 15.2 Å². The molecule has 5 heteroatoms. The molecule has 2 N–H and O–H groups in total. The number of nitrogens with one attached hydrogen (secondary N) is 1. The zero-order valence-electron chi connectivity index (χ0n) is 11.2. The fraction of sp³-hybridized carbons (Fsp3) is 0.200. The van der Waals surface area contributed by atoms with E-state index in [1.165, 1.54) is 12.7 Å². The van der Waals surface area contributed by atoms with Crippen LogP contribution in [0.3, 0.4) is 0 Å². The van der Waals surface area contributed by atoms with E-state index in [9.17, 15) is 5.11 Å². The van der Waals surface area contributed by atoms with Gasteiger partial charge in [0.2, 0.25) is 0 Å². The van der Waals surface area contributed by atoms with E-state index in [2.05, 4.69) is 21.2 Å². The number of anilines is 1. The first kappa shape index (κ1) is 15.0. The number of halogens is 2. The first-order valence-electron chi connectivity index (χ1n) is 6.06. The van der Waals surface area contributed by atoms with Crippen molar-refractivity contribution in [1.29, 1.82) is 0 Å². The maximum Gasteiger partial charge on any atom is 0.162 e. The van der Waals surface area contributed by atoms with Gasteiger partial charge in [-0.2, -0.15) is 0 Å². The minimum absolute atomic E-state index is 0.104. The van der Waals surface area contributed by atoms with E-state index >= 15 is 0 Å². The van der Waals surface area contributed by atoms with Crippen molar-refractivity contribution in [3.8, 4) is 11.5 Å². The SMILES string of the molecule is COc1cc(Cl)cc(CNc2ccc(C)cc2Br)c1O. The molecule has 0 aromatic heterocycles. The number of rotatable bonds is 4. The predicted molar refractivity (Wildman–Crippen MR) is 85.9 cm³/mol. The van der Waals surface area contributed by atoms with Gasteiger partial charge in [0, 0.05) is 33.4 Å². The molecule has 0 spiro atoms. The molecule has 0 fully saturated rings. The van der Waals surface area contributed by atoms with Crippen LogP contribution >= 0.6 is 27.5 Å². The summed E-state index contributed by atoms with van der Waals surface area (Å²) in [5.41, 5.74) is 2.81. The molecule has 2 aromatic rings. The molecule has 2 rings (SSSR count). The Balaban J connectivity index is 2.20. The number of phenolic OH excluding ortho intramolecular Hbond substituents is 1. The maximum atomic E-state index is 10.1. The molecule has 0 unspecified atom stereocenters. The highest BCUT2D eigenvalue weighted by atomic mass is 79.9. The molecule has 0 radical (unpaired) electrons. The Labute approximate surface area is 131 Å². The van der Waals surface area contributed by atoms with Gasteiger partial charge in [-0.15, -0.1) is 0 Å². The lowest BCUT2D eigenvalue weighted by Crippen LogP contribution is -2.01. The summed E-state index contributed by atoms with van der Waals surface area (Å²) in [6.07, 6.45) is 0. The van der Waals surface area contributed by atoms with Gasteiger partial charge in [0.15, 0.2) is 11.5 Å². The Morgan fingerprint density at radius 2 is 2.05 bits per heavy atom. The van der Waals surface area contributed by atoms with Crippen LogP contribution in [0.25, 0.3) is 0 Å². The molecule has 0 aliphatic rings. The molecule has 0 amide bonds. The monoisotopic (exact) mass is 355 g/mol. The summed E-state index contributed by atoms with van der Waals surface area (Å²) in [5, 5.41) is 13.9. The summed E-state index contributed by atoms with van der Waals surface area (Å²) in [4.78, 5) is 0. The topological polar surface area (TPSA) is 41.5 Å². The van der Waals surface area contributed by atoms with Crippen LogP contribution in [0.5, 0.6) is 11.5 Å². The third-order valence-corrected chi connectivity index (χ3v) is 3.81. The average Bonchev–Trinajstić information content (AvgIpc) is 2.41. The van der Waals surface area contributed by atoms with Crippen LogP contribution < -0.4 is 10.1 Å². The number of phenols is 1. The van der Waals surface area contributed by atoms with Crippen molar-refractivity contribution in [2.75, 3.05) is 12.4 Å². The van der Waals surface area contributed by atoms with Gasteiger partial charge in [0.05, 0.1) is 7.11 Å². The highest BCUT2D eigenvalue weighted by molar-refractivity contribution is 9.10. The molecule has 0 saturated carbocycles. The van der Waals surface area contributed by atoms with Crippen LogP contribution in [0.4, 0.5) is 5.69 Å².